The summed E-state index contributed by atoms with van der Waals surface area (Å²) in [5.74, 6) is -1.52. The molecule has 0 saturated carbocycles. The fourth-order valence-corrected chi connectivity index (χ4v) is 2.19. The number of para-hydroxylation sites is 1. The first kappa shape index (κ1) is 19.2. The number of nitrogens with one attached hydrogen (secondary N) is 1. The van der Waals surface area contributed by atoms with Crippen LogP contribution in [0.1, 0.15) is 23.0 Å². The molecule has 0 unspecified atom stereocenters. The smallest absolute Gasteiger partial charge is 0.382 e. The summed E-state index contributed by atoms with van der Waals surface area (Å²) in [7, 11) is 0. The highest BCUT2D eigenvalue weighted by Crippen LogP contribution is 2.34. The van der Waals surface area contributed by atoms with Crippen LogP contribution in [-0.4, -0.2) is 39.8 Å². The average molecular weight is 367 g/mol. The normalized spacial score (nSPS) is 11.1. The molecule has 1 heterocycles. The molecule has 26 heavy (non-hydrogen) atoms. The molecule has 0 aliphatic carbocycles. The topological polar surface area (TPSA) is 101 Å². The molecule has 7 nitrogen and oxygen atoms in total. The molecule has 3 N–H and O–H groups in total. The SMILES string of the molecule is CCN(CC(=O)Nc1ccccc1C(F)(F)F)C(=O)c1nccnc1N. The van der Waals surface area contributed by atoms with E-state index in [1.54, 1.807) is 6.92 Å². The molecular weight excluding hydrogens is 351 g/mol. The van der Waals surface area contributed by atoms with E-state index in [-0.39, 0.29) is 23.7 Å². The number of aromatic nitrogens is 2. The van der Waals surface area contributed by atoms with Crippen LogP contribution in [0.15, 0.2) is 36.7 Å². The van der Waals surface area contributed by atoms with E-state index in [1.165, 1.54) is 24.5 Å². The Kier molecular flexibility index (Phi) is 5.75. The third-order valence-corrected chi connectivity index (χ3v) is 3.44. The zero-order chi connectivity index (χ0) is 19.3. The fraction of sp³-hybridized carbons (Fsp3) is 0.250. The summed E-state index contributed by atoms with van der Waals surface area (Å²) in [6, 6.07) is 4.59. The zero-order valence-corrected chi connectivity index (χ0v) is 13.7. The molecule has 1 aromatic heterocycles. The minimum Gasteiger partial charge on any atom is -0.382 e. The van der Waals surface area contributed by atoms with Crippen molar-refractivity contribution in [3.63, 3.8) is 0 Å². The standard InChI is InChI=1S/C16H16F3N5O2/c1-2-24(15(26)13-14(20)22-8-7-21-13)9-12(25)23-11-6-4-3-5-10(11)16(17,18)19/h3-8H,2,9H2,1H3,(H2,20,22)(H,23,25). The van der Waals surface area contributed by atoms with Gasteiger partial charge in [-0.2, -0.15) is 13.2 Å². The highest BCUT2D eigenvalue weighted by Gasteiger charge is 2.33. The first-order valence-corrected chi connectivity index (χ1v) is 7.55. The van der Waals surface area contributed by atoms with Gasteiger partial charge in [0.25, 0.3) is 5.91 Å². The van der Waals surface area contributed by atoms with Crippen LogP contribution in [0.25, 0.3) is 0 Å². The van der Waals surface area contributed by atoms with Gasteiger partial charge in [-0.15, -0.1) is 0 Å². The summed E-state index contributed by atoms with van der Waals surface area (Å²) < 4.78 is 38.9. The van der Waals surface area contributed by atoms with Gasteiger partial charge in [0.15, 0.2) is 11.5 Å². The lowest BCUT2D eigenvalue weighted by atomic mass is 10.1. The van der Waals surface area contributed by atoms with Crippen molar-refractivity contribution in [3.05, 3.63) is 47.9 Å². The Morgan fingerprint density at radius 3 is 2.46 bits per heavy atom. The van der Waals surface area contributed by atoms with Crippen molar-refractivity contribution in [2.45, 2.75) is 13.1 Å². The molecule has 138 valence electrons. The van der Waals surface area contributed by atoms with Crippen molar-refractivity contribution in [3.8, 4) is 0 Å². The maximum absolute atomic E-state index is 13.0. The molecule has 1 aromatic carbocycles. The van der Waals surface area contributed by atoms with E-state index in [0.717, 1.165) is 17.0 Å². The Bertz CT molecular complexity index is 810. The van der Waals surface area contributed by atoms with Gasteiger partial charge in [-0.25, -0.2) is 9.97 Å². The number of likely N-dealkylation sites (N-methyl/N-ethyl adjacent to an activating group) is 1. The molecule has 0 atom stereocenters. The van der Waals surface area contributed by atoms with Crippen molar-refractivity contribution in [2.24, 2.45) is 0 Å². The molecule has 0 aliphatic heterocycles. The summed E-state index contributed by atoms with van der Waals surface area (Å²) in [5, 5.41) is 2.18. The van der Waals surface area contributed by atoms with Crippen LogP contribution in [0.2, 0.25) is 0 Å². The molecule has 2 amide bonds. The lowest BCUT2D eigenvalue weighted by molar-refractivity contribution is -0.137. The van der Waals surface area contributed by atoms with Gasteiger partial charge in [0.05, 0.1) is 11.3 Å². The first-order chi connectivity index (χ1) is 12.2. The van der Waals surface area contributed by atoms with Gasteiger partial charge in [-0.3, -0.25) is 9.59 Å². The largest absolute Gasteiger partial charge is 0.418 e. The summed E-state index contributed by atoms with van der Waals surface area (Å²) in [6.07, 6.45) is -2.03. The molecule has 0 saturated heterocycles. The molecule has 0 spiro atoms. The number of nitrogens with zero attached hydrogens (tertiary/aromatic N) is 3. The number of nitrogens with two attached hydrogens (primary N) is 1. The number of amides is 2. The number of hydrogen-bond donors (Lipinski definition) is 2. The quantitative estimate of drug-likeness (QED) is 0.843. The highest BCUT2D eigenvalue weighted by atomic mass is 19.4. The van der Waals surface area contributed by atoms with Crippen molar-refractivity contribution in [1.29, 1.82) is 0 Å². The summed E-state index contributed by atoms with van der Waals surface area (Å²) >= 11 is 0. The zero-order valence-electron chi connectivity index (χ0n) is 13.7. The van der Waals surface area contributed by atoms with Gasteiger partial charge in [0.1, 0.15) is 6.54 Å². The second-order valence-corrected chi connectivity index (χ2v) is 5.20. The number of nitrogen functional groups attached to an aromatic ring is 1. The number of benzene rings is 1. The molecule has 10 heteroatoms. The molecule has 0 radical (unpaired) electrons. The third-order valence-electron chi connectivity index (χ3n) is 3.44. The van der Waals surface area contributed by atoms with Crippen LogP contribution < -0.4 is 11.1 Å². The summed E-state index contributed by atoms with van der Waals surface area (Å²) in [5.41, 5.74) is 4.11. The van der Waals surface area contributed by atoms with E-state index >= 15 is 0 Å². The average Bonchev–Trinajstić information content (AvgIpc) is 2.59. The first-order valence-electron chi connectivity index (χ1n) is 7.55. The highest BCUT2D eigenvalue weighted by molar-refractivity contribution is 6.00. The van der Waals surface area contributed by atoms with Crippen LogP contribution in [0.3, 0.4) is 0 Å². The molecule has 0 fully saturated rings. The Labute approximate surface area is 147 Å². The van der Waals surface area contributed by atoms with E-state index in [4.69, 9.17) is 5.73 Å². The number of carbonyl (C=O) groups is 2. The van der Waals surface area contributed by atoms with Gasteiger partial charge < -0.3 is 16.0 Å². The van der Waals surface area contributed by atoms with Gasteiger partial charge in [-0.1, -0.05) is 12.1 Å². The Hall–Kier alpha value is -3.17. The van der Waals surface area contributed by atoms with E-state index in [9.17, 15) is 22.8 Å². The Morgan fingerprint density at radius 1 is 1.19 bits per heavy atom. The summed E-state index contributed by atoms with van der Waals surface area (Å²) in [4.78, 5) is 33.2. The number of anilines is 2. The molecule has 0 bridgehead atoms. The molecule has 0 aliphatic rings. The van der Waals surface area contributed by atoms with Crippen LogP contribution in [0.4, 0.5) is 24.7 Å². The fourth-order valence-electron chi connectivity index (χ4n) is 2.19. The van der Waals surface area contributed by atoms with Crippen molar-refractivity contribution in [1.82, 2.24) is 14.9 Å². The predicted octanol–water partition coefficient (Wildman–Crippen LogP) is 2.18. The van der Waals surface area contributed by atoms with Crippen LogP contribution in [0, 0.1) is 0 Å². The van der Waals surface area contributed by atoms with Gasteiger partial charge in [0, 0.05) is 18.9 Å². The summed E-state index contributed by atoms with van der Waals surface area (Å²) in [6.45, 7) is 1.28. The van der Waals surface area contributed by atoms with Crippen LogP contribution in [0.5, 0.6) is 0 Å². The van der Waals surface area contributed by atoms with Gasteiger partial charge in [0.2, 0.25) is 5.91 Å². The number of alkyl halides is 3. The molecule has 2 aromatic rings. The minimum atomic E-state index is -4.61. The maximum Gasteiger partial charge on any atom is 0.418 e. The molecule has 2 rings (SSSR count). The van der Waals surface area contributed by atoms with E-state index in [2.05, 4.69) is 15.3 Å². The van der Waals surface area contributed by atoms with Gasteiger partial charge >= 0.3 is 6.18 Å². The Morgan fingerprint density at radius 2 is 1.85 bits per heavy atom. The number of rotatable bonds is 5. The second kappa shape index (κ2) is 7.81. The monoisotopic (exact) mass is 367 g/mol. The Balaban J connectivity index is 2.14. The van der Waals surface area contributed by atoms with E-state index in [0.29, 0.717) is 0 Å². The lowest BCUT2D eigenvalue weighted by Gasteiger charge is -2.21. The lowest BCUT2D eigenvalue weighted by Crippen LogP contribution is -2.38. The third kappa shape index (κ3) is 4.47. The number of halogens is 3. The van der Waals surface area contributed by atoms with E-state index in [1.807, 2.05) is 0 Å². The van der Waals surface area contributed by atoms with Crippen LogP contribution >= 0.6 is 0 Å². The maximum atomic E-state index is 13.0. The van der Waals surface area contributed by atoms with Gasteiger partial charge in [-0.05, 0) is 19.1 Å². The molecular formula is C16H16F3N5O2. The van der Waals surface area contributed by atoms with E-state index < -0.39 is 30.1 Å². The number of hydrogen-bond acceptors (Lipinski definition) is 5. The second-order valence-electron chi connectivity index (χ2n) is 5.20. The van der Waals surface area contributed by atoms with Crippen LogP contribution in [-0.2, 0) is 11.0 Å². The minimum absolute atomic E-state index is 0.0984. The predicted molar refractivity (Wildman–Crippen MR) is 88.1 cm³/mol. The number of carbonyl (C=O) groups excluding carboxylic acids is 2. The van der Waals surface area contributed by atoms with Crippen molar-refractivity contribution in [2.75, 3.05) is 24.1 Å². The van der Waals surface area contributed by atoms with Crippen molar-refractivity contribution < 1.29 is 22.8 Å². The van der Waals surface area contributed by atoms with Crippen molar-refractivity contribution >= 4 is 23.3 Å².